The van der Waals surface area contributed by atoms with Gasteiger partial charge in [0.2, 0.25) is 0 Å². The van der Waals surface area contributed by atoms with Crippen molar-refractivity contribution in [2.45, 2.75) is 0 Å². The van der Waals surface area contributed by atoms with E-state index in [1.807, 2.05) is 30.3 Å². The number of carbonyl (C=O) groups excluding carboxylic acids is 1. The molecule has 1 N–H and O–H groups in total. The van der Waals surface area contributed by atoms with E-state index in [-0.39, 0.29) is 5.91 Å². The topological polar surface area (TPSA) is 71.6 Å². The molecule has 114 valence electrons. The maximum atomic E-state index is 12.1. The van der Waals surface area contributed by atoms with Crippen LogP contribution in [0, 0.1) is 0 Å². The molecular formula is C17H15N5O. The highest BCUT2D eigenvalue weighted by atomic mass is 16.2. The second-order valence-corrected chi connectivity index (χ2v) is 4.88. The molecule has 23 heavy (non-hydrogen) atoms. The summed E-state index contributed by atoms with van der Waals surface area (Å²) in [5.74, 6) is -0.205. The molecular weight excluding hydrogens is 290 g/mol. The van der Waals surface area contributed by atoms with Crippen LogP contribution in [0.15, 0.2) is 77.1 Å². The van der Waals surface area contributed by atoms with E-state index in [9.17, 15) is 4.79 Å². The van der Waals surface area contributed by atoms with E-state index in [4.69, 9.17) is 0 Å². The number of nitrogens with one attached hydrogen (secondary N) is 1. The van der Waals surface area contributed by atoms with Gasteiger partial charge >= 0.3 is 0 Å². The van der Waals surface area contributed by atoms with Crippen LogP contribution in [-0.4, -0.2) is 15.7 Å². The summed E-state index contributed by atoms with van der Waals surface area (Å²) in [4.78, 5) is 12.1. The first-order valence-electron chi connectivity index (χ1n) is 7.08. The van der Waals surface area contributed by atoms with E-state index in [0.29, 0.717) is 17.1 Å². The fourth-order valence-electron chi connectivity index (χ4n) is 2.01. The first kappa shape index (κ1) is 14.6. The van der Waals surface area contributed by atoms with Crippen molar-refractivity contribution in [2.75, 3.05) is 5.32 Å². The van der Waals surface area contributed by atoms with Crippen LogP contribution in [0.4, 0.5) is 17.1 Å². The Hall–Kier alpha value is -3.28. The molecule has 0 bridgehead atoms. The monoisotopic (exact) mass is 305 g/mol. The van der Waals surface area contributed by atoms with Crippen molar-refractivity contribution in [3.8, 4) is 0 Å². The smallest absolute Gasteiger partial charge is 0.273 e. The van der Waals surface area contributed by atoms with Gasteiger partial charge in [-0.1, -0.05) is 18.2 Å². The molecule has 0 unspecified atom stereocenters. The standard InChI is InChI=1S/C17H15N5O/c1-22-16(11-12-18-22)17(23)19-13-7-9-15(10-8-13)21-20-14-5-3-2-4-6-14/h2-12H,1H3,(H,19,23). The van der Waals surface area contributed by atoms with Crippen LogP contribution in [0.5, 0.6) is 0 Å². The first-order valence-corrected chi connectivity index (χ1v) is 7.08. The number of nitrogens with zero attached hydrogens (tertiary/aromatic N) is 4. The molecule has 1 aromatic heterocycles. The van der Waals surface area contributed by atoms with E-state index in [0.717, 1.165) is 5.69 Å². The highest BCUT2D eigenvalue weighted by molar-refractivity contribution is 6.03. The Kier molecular flexibility index (Phi) is 4.24. The lowest BCUT2D eigenvalue weighted by Gasteiger charge is -2.05. The summed E-state index contributed by atoms with van der Waals surface area (Å²) in [5.41, 5.74) is 2.70. The number of rotatable bonds is 4. The van der Waals surface area contributed by atoms with Gasteiger partial charge < -0.3 is 5.32 Å². The molecule has 3 rings (SSSR count). The zero-order valence-electron chi connectivity index (χ0n) is 12.5. The van der Waals surface area contributed by atoms with E-state index < -0.39 is 0 Å². The summed E-state index contributed by atoms with van der Waals surface area (Å²) in [6, 6.07) is 18.3. The van der Waals surface area contributed by atoms with Crippen LogP contribution in [0.25, 0.3) is 0 Å². The highest BCUT2D eigenvalue weighted by Crippen LogP contribution is 2.20. The molecule has 0 aliphatic carbocycles. The van der Waals surface area contributed by atoms with Crippen LogP contribution in [-0.2, 0) is 7.05 Å². The van der Waals surface area contributed by atoms with Crippen molar-refractivity contribution in [1.82, 2.24) is 9.78 Å². The number of aryl methyl sites for hydroxylation is 1. The molecule has 0 fully saturated rings. The zero-order chi connectivity index (χ0) is 16.1. The van der Waals surface area contributed by atoms with Crippen LogP contribution >= 0.6 is 0 Å². The molecule has 0 aliphatic rings. The van der Waals surface area contributed by atoms with E-state index in [1.165, 1.54) is 4.68 Å². The Morgan fingerprint density at radius 3 is 2.22 bits per heavy atom. The van der Waals surface area contributed by atoms with Gasteiger partial charge in [0.15, 0.2) is 0 Å². The Bertz CT molecular complexity index is 822. The number of azo groups is 1. The summed E-state index contributed by atoms with van der Waals surface area (Å²) in [6.07, 6.45) is 1.59. The first-order chi connectivity index (χ1) is 11.2. The molecule has 2 aromatic carbocycles. The van der Waals surface area contributed by atoms with Gasteiger partial charge in [0, 0.05) is 18.9 Å². The molecule has 6 nitrogen and oxygen atoms in total. The van der Waals surface area contributed by atoms with Gasteiger partial charge in [0.1, 0.15) is 5.69 Å². The van der Waals surface area contributed by atoms with Crippen LogP contribution < -0.4 is 5.32 Å². The van der Waals surface area contributed by atoms with Crippen molar-refractivity contribution in [3.63, 3.8) is 0 Å². The summed E-state index contributed by atoms with van der Waals surface area (Å²) >= 11 is 0. The highest BCUT2D eigenvalue weighted by Gasteiger charge is 2.09. The Balaban J connectivity index is 1.67. The molecule has 0 spiro atoms. The summed E-state index contributed by atoms with van der Waals surface area (Å²) in [5, 5.41) is 15.1. The second kappa shape index (κ2) is 6.65. The molecule has 6 heteroatoms. The quantitative estimate of drug-likeness (QED) is 0.737. The average molecular weight is 305 g/mol. The number of hydrogen-bond acceptors (Lipinski definition) is 4. The molecule has 0 saturated carbocycles. The lowest BCUT2D eigenvalue weighted by Crippen LogP contribution is -2.15. The van der Waals surface area contributed by atoms with Crippen molar-refractivity contribution in [1.29, 1.82) is 0 Å². The largest absolute Gasteiger partial charge is 0.321 e. The van der Waals surface area contributed by atoms with E-state index in [1.54, 1.807) is 43.6 Å². The van der Waals surface area contributed by atoms with Crippen molar-refractivity contribution in [2.24, 2.45) is 17.3 Å². The second-order valence-electron chi connectivity index (χ2n) is 4.88. The maximum Gasteiger partial charge on any atom is 0.273 e. The van der Waals surface area contributed by atoms with Gasteiger partial charge in [-0.3, -0.25) is 9.48 Å². The molecule has 1 heterocycles. The lowest BCUT2D eigenvalue weighted by molar-refractivity contribution is 0.101. The van der Waals surface area contributed by atoms with Gasteiger partial charge in [-0.25, -0.2) is 0 Å². The van der Waals surface area contributed by atoms with E-state index >= 15 is 0 Å². The summed E-state index contributed by atoms with van der Waals surface area (Å²) in [7, 11) is 1.72. The predicted molar refractivity (Wildman–Crippen MR) is 88.2 cm³/mol. The van der Waals surface area contributed by atoms with Gasteiger partial charge in [0.05, 0.1) is 11.4 Å². The number of amides is 1. The van der Waals surface area contributed by atoms with Gasteiger partial charge in [-0.2, -0.15) is 15.3 Å². The van der Waals surface area contributed by atoms with Crippen LogP contribution in [0.2, 0.25) is 0 Å². The lowest BCUT2D eigenvalue weighted by atomic mass is 10.2. The fourth-order valence-corrected chi connectivity index (χ4v) is 2.01. The molecule has 0 saturated heterocycles. The molecule has 1 amide bonds. The minimum Gasteiger partial charge on any atom is -0.321 e. The number of carbonyl (C=O) groups is 1. The number of benzene rings is 2. The van der Waals surface area contributed by atoms with Crippen molar-refractivity contribution < 1.29 is 4.79 Å². The third-order valence-corrected chi connectivity index (χ3v) is 3.22. The number of aromatic nitrogens is 2. The van der Waals surface area contributed by atoms with Crippen molar-refractivity contribution >= 4 is 23.0 Å². The number of hydrogen-bond donors (Lipinski definition) is 1. The van der Waals surface area contributed by atoms with Crippen LogP contribution in [0.1, 0.15) is 10.5 Å². The van der Waals surface area contributed by atoms with Gasteiger partial charge in [-0.15, -0.1) is 0 Å². The predicted octanol–water partition coefficient (Wildman–Crippen LogP) is 4.09. The third-order valence-electron chi connectivity index (χ3n) is 3.22. The van der Waals surface area contributed by atoms with Gasteiger partial charge in [-0.05, 0) is 42.5 Å². The summed E-state index contributed by atoms with van der Waals surface area (Å²) in [6.45, 7) is 0. The van der Waals surface area contributed by atoms with Crippen LogP contribution in [0.3, 0.4) is 0 Å². The van der Waals surface area contributed by atoms with E-state index in [2.05, 4.69) is 20.6 Å². The molecule has 0 atom stereocenters. The van der Waals surface area contributed by atoms with Gasteiger partial charge in [0.25, 0.3) is 5.91 Å². The molecule has 0 aliphatic heterocycles. The minimum absolute atomic E-state index is 0.205. The average Bonchev–Trinajstić information content (AvgIpc) is 3.01. The minimum atomic E-state index is -0.205. The molecule has 3 aromatic rings. The number of anilines is 1. The fraction of sp³-hybridized carbons (Fsp3) is 0.0588. The Labute approximate surface area is 133 Å². The summed E-state index contributed by atoms with van der Waals surface area (Å²) < 4.78 is 1.53. The normalized spacial score (nSPS) is 10.8. The van der Waals surface area contributed by atoms with Crippen molar-refractivity contribution in [3.05, 3.63) is 72.6 Å². The Morgan fingerprint density at radius 1 is 0.957 bits per heavy atom. The third kappa shape index (κ3) is 3.68. The SMILES string of the molecule is Cn1nccc1C(=O)Nc1ccc(N=Nc2ccccc2)cc1. The Morgan fingerprint density at radius 2 is 1.61 bits per heavy atom. The zero-order valence-corrected chi connectivity index (χ0v) is 12.5. The maximum absolute atomic E-state index is 12.1. The molecule has 0 radical (unpaired) electrons.